The van der Waals surface area contributed by atoms with Crippen LogP contribution in [0, 0.1) is 0 Å². The van der Waals surface area contributed by atoms with Crippen LogP contribution in [0.4, 0.5) is 13.2 Å². The lowest BCUT2D eigenvalue weighted by molar-refractivity contribution is -0.137. The fourth-order valence-corrected chi connectivity index (χ4v) is 2.99. The highest BCUT2D eigenvalue weighted by molar-refractivity contribution is 8.00. The lowest BCUT2D eigenvalue weighted by Gasteiger charge is -2.10. The van der Waals surface area contributed by atoms with Crippen molar-refractivity contribution in [2.24, 2.45) is 0 Å². The van der Waals surface area contributed by atoms with Crippen LogP contribution in [-0.2, 0) is 16.0 Å². The predicted octanol–water partition coefficient (Wildman–Crippen LogP) is 4.15. The molecule has 0 radical (unpaired) electrons. The second-order valence-electron chi connectivity index (χ2n) is 4.31. The number of sulfone groups is 1. The van der Waals surface area contributed by atoms with Crippen LogP contribution in [0.3, 0.4) is 0 Å². The van der Waals surface area contributed by atoms with E-state index in [9.17, 15) is 21.6 Å². The molecule has 0 aliphatic carbocycles. The minimum absolute atomic E-state index is 0.0508. The molecule has 2 rings (SSSR count). The molecule has 0 amide bonds. The van der Waals surface area contributed by atoms with Crippen LogP contribution in [0.15, 0.2) is 66.1 Å². The van der Waals surface area contributed by atoms with Crippen molar-refractivity contribution in [2.45, 2.75) is 11.1 Å². The van der Waals surface area contributed by atoms with Gasteiger partial charge in [0.15, 0.2) is 0 Å². The molecular weight excluding hydrogens is 301 g/mol. The Morgan fingerprint density at radius 2 is 1.43 bits per heavy atom. The molecule has 0 N–H and O–H groups in total. The quantitative estimate of drug-likeness (QED) is 0.853. The molecule has 0 bridgehead atoms. The molecule has 0 heterocycles. The summed E-state index contributed by atoms with van der Waals surface area (Å²) in [6, 6.07) is 11.5. The summed E-state index contributed by atoms with van der Waals surface area (Å²) < 4.78 is 62.0. The van der Waals surface area contributed by atoms with Gasteiger partial charge in [-0.25, -0.2) is 8.42 Å². The van der Waals surface area contributed by atoms with E-state index >= 15 is 0 Å². The van der Waals surface area contributed by atoms with Crippen LogP contribution in [-0.4, -0.2) is 8.42 Å². The van der Waals surface area contributed by atoms with Gasteiger partial charge >= 0.3 is 6.18 Å². The average Bonchev–Trinajstić information content (AvgIpc) is 2.46. The normalized spacial score (nSPS) is 12.1. The van der Waals surface area contributed by atoms with Crippen LogP contribution >= 0.6 is 0 Å². The summed E-state index contributed by atoms with van der Waals surface area (Å²) in [6.45, 7) is 3.50. The summed E-state index contributed by atoms with van der Waals surface area (Å²) in [6.07, 6.45) is -4.46. The second-order valence-corrected chi connectivity index (χ2v) is 6.29. The Labute approximate surface area is 120 Å². The first-order valence-electron chi connectivity index (χ1n) is 5.89. The van der Waals surface area contributed by atoms with Crippen molar-refractivity contribution >= 4 is 14.7 Å². The Kier molecular flexibility index (Phi) is 3.91. The minimum Gasteiger partial charge on any atom is -0.219 e. The highest BCUT2D eigenvalue weighted by Gasteiger charge is 2.30. The summed E-state index contributed by atoms with van der Waals surface area (Å²) >= 11 is 0. The van der Waals surface area contributed by atoms with Gasteiger partial charge in [-0.3, -0.25) is 0 Å². The van der Waals surface area contributed by atoms with E-state index in [2.05, 4.69) is 6.58 Å². The predicted molar refractivity (Wildman–Crippen MR) is 74.1 cm³/mol. The van der Waals surface area contributed by atoms with E-state index in [1.54, 1.807) is 18.2 Å². The SMILES string of the molecule is C=C(c1ccc(C(F)(F)F)cc1)S(=O)(=O)c1ccccc1. The summed E-state index contributed by atoms with van der Waals surface area (Å²) in [5.74, 6) is 0. The Hall–Kier alpha value is -2.08. The van der Waals surface area contributed by atoms with Crippen molar-refractivity contribution in [3.63, 3.8) is 0 Å². The highest BCUT2D eigenvalue weighted by atomic mass is 32.2. The molecule has 0 aliphatic rings. The summed E-state index contributed by atoms with van der Waals surface area (Å²) in [5.41, 5.74) is -0.706. The van der Waals surface area contributed by atoms with Gasteiger partial charge < -0.3 is 0 Å². The Bertz CT molecular complexity index is 746. The maximum absolute atomic E-state index is 12.5. The molecule has 110 valence electrons. The first-order valence-corrected chi connectivity index (χ1v) is 7.38. The van der Waals surface area contributed by atoms with Gasteiger partial charge in [0.05, 0.1) is 15.4 Å². The third kappa shape index (κ3) is 3.16. The van der Waals surface area contributed by atoms with Crippen molar-refractivity contribution < 1.29 is 21.6 Å². The maximum Gasteiger partial charge on any atom is 0.416 e. The van der Waals surface area contributed by atoms with Crippen molar-refractivity contribution in [1.82, 2.24) is 0 Å². The van der Waals surface area contributed by atoms with Crippen LogP contribution < -0.4 is 0 Å². The zero-order chi connectivity index (χ0) is 15.7. The molecule has 0 aliphatic heterocycles. The Morgan fingerprint density at radius 3 is 1.90 bits per heavy atom. The highest BCUT2D eigenvalue weighted by Crippen LogP contribution is 2.31. The van der Waals surface area contributed by atoms with Crippen LogP contribution in [0.5, 0.6) is 0 Å². The van der Waals surface area contributed by atoms with Crippen molar-refractivity contribution in [2.75, 3.05) is 0 Å². The van der Waals surface area contributed by atoms with Gasteiger partial charge in [-0.15, -0.1) is 0 Å². The molecule has 0 spiro atoms. The third-order valence-electron chi connectivity index (χ3n) is 2.91. The molecule has 2 aromatic carbocycles. The van der Waals surface area contributed by atoms with Gasteiger partial charge in [0, 0.05) is 0 Å². The van der Waals surface area contributed by atoms with E-state index in [1.165, 1.54) is 12.1 Å². The smallest absolute Gasteiger partial charge is 0.219 e. The van der Waals surface area contributed by atoms with Gasteiger partial charge in [0.1, 0.15) is 0 Å². The fourth-order valence-electron chi connectivity index (χ4n) is 1.74. The monoisotopic (exact) mass is 312 g/mol. The first kappa shape index (κ1) is 15.3. The number of halogens is 3. The lowest BCUT2D eigenvalue weighted by Crippen LogP contribution is -2.06. The molecule has 2 nitrogen and oxygen atoms in total. The van der Waals surface area contributed by atoms with Crippen molar-refractivity contribution in [3.05, 3.63) is 72.3 Å². The van der Waals surface area contributed by atoms with Gasteiger partial charge in [-0.1, -0.05) is 36.9 Å². The van der Waals surface area contributed by atoms with E-state index in [1.807, 2.05) is 0 Å². The summed E-state index contributed by atoms with van der Waals surface area (Å²) in [5, 5.41) is 0. The fraction of sp³-hybridized carbons (Fsp3) is 0.0667. The molecule has 0 fully saturated rings. The van der Waals surface area contributed by atoms with E-state index in [4.69, 9.17) is 0 Å². The summed E-state index contributed by atoms with van der Waals surface area (Å²) in [7, 11) is -3.82. The molecule has 2 aromatic rings. The number of benzene rings is 2. The van der Waals surface area contributed by atoms with Crippen LogP contribution in [0.1, 0.15) is 11.1 Å². The molecule has 0 atom stereocenters. The number of rotatable bonds is 3. The molecule has 6 heteroatoms. The zero-order valence-electron chi connectivity index (χ0n) is 10.8. The van der Waals surface area contributed by atoms with E-state index in [0.717, 1.165) is 24.3 Å². The zero-order valence-corrected chi connectivity index (χ0v) is 11.6. The number of hydrogen-bond acceptors (Lipinski definition) is 2. The van der Waals surface area contributed by atoms with Crippen LogP contribution in [0.25, 0.3) is 4.91 Å². The number of hydrogen-bond donors (Lipinski definition) is 0. The maximum atomic E-state index is 12.5. The Morgan fingerprint density at radius 1 is 0.905 bits per heavy atom. The molecule has 21 heavy (non-hydrogen) atoms. The average molecular weight is 312 g/mol. The van der Waals surface area contributed by atoms with Gasteiger partial charge in [0.2, 0.25) is 9.84 Å². The second kappa shape index (κ2) is 5.37. The van der Waals surface area contributed by atoms with Crippen molar-refractivity contribution in [1.29, 1.82) is 0 Å². The van der Waals surface area contributed by atoms with E-state index < -0.39 is 21.6 Å². The van der Waals surface area contributed by atoms with E-state index in [-0.39, 0.29) is 15.4 Å². The Balaban J connectivity index is 2.37. The standard InChI is InChI=1S/C15H11F3O2S/c1-11(21(19,20)14-5-3-2-4-6-14)12-7-9-13(10-8-12)15(16,17)18/h2-10H,1H2. The topological polar surface area (TPSA) is 34.1 Å². The largest absolute Gasteiger partial charge is 0.416 e. The van der Waals surface area contributed by atoms with Gasteiger partial charge in [-0.2, -0.15) is 13.2 Å². The van der Waals surface area contributed by atoms with Crippen molar-refractivity contribution in [3.8, 4) is 0 Å². The molecular formula is C15H11F3O2S. The number of alkyl halides is 3. The third-order valence-corrected chi connectivity index (χ3v) is 4.69. The summed E-state index contributed by atoms with van der Waals surface area (Å²) in [4.78, 5) is -0.183. The van der Waals surface area contributed by atoms with E-state index in [0.29, 0.717) is 0 Å². The first-order chi connectivity index (χ1) is 9.73. The lowest BCUT2D eigenvalue weighted by atomic mass is 10.1. The van der Waals surface area contributed by atoms with Gasteiger partial charge in [-0.05, 0) is 29.8 Å². The molecule has 0 saturated carbocycles. The molecule has 0 unspecified atom stereocenters. The molecule has 0 saturated heterocycles. The van der Waals surface area contributed by atoms with Gasteiger partial charge in [0.25, 0.3) is 0 Å². The van der Waals surface area contributed by atoms with Crippen LogP contribution in [0.2, 0.25) is 0 Å². The minimum atomic E-state index is -4.46. The molecule has 0 aromatic heterocycles.